The molecule has 0 aliphatic heterocycles. The predicted molar refractivity (Wildman–Crippen MR) is 101 cm³/mol. The van der Waals surface area contributed by atoms with Gasteiger partial charge in [0.2, 0.25) is 0 Å². The van der Waals surface area contributed by atoms with Gasteiger partial charge in [0.25, 0.3) is 0 Å². The lowest BCUT2D eigenvalue weighted by molar-refractivity contribution is -0.150. The van der Waals surface area contributed by atoms with Crippen LogP contribution in [0.25, 0.3) is 22.1 Å². The monoisotopic (exact) mass is 368 g/mol. The second kappa shape index (κ2) is 7.95. The van der Waals surface area contributed by atoms with Crippen molar-refractivity contribution in [3.05, 3.63) is 59.0 Å². The summed E-state index contributed by atoms with van der Waals surface area (Å²) in [5, 5.41) is 0.430. The lowest BCUT2D eigenvalue weighted by Crippen LogP contribution is -2.26. The normalized spacial score (nSPS) is 11.8. The summed E-state index contributed by atoms with van der Waals surface area (Å²) >= 11 is 0. The van der Waals surface area contributed by atoms with Crippen LogP contribution in [0.3, 0.4) is 0 Å². The van der Waals surface area contributed by atoms with Gasteiger partial charge in [-0.3, -0.25) is 4.79 Å². The van der Waals surface area contributed by atoms with Crippen LogP contribution in [-0.4, -0.2) is 25.8 Å². The third kappa shape index (κ3) is 3.95. The van der Waals surface area contributed by atoms with Crippen LogP contribution < -0.4 is 14.9 Å². The highest BCUT2D eigenvalue weighted by atomic mass is 16.6. The number of hydrogen-bond donors (Lipinski definition) is 0. The summed E-state index contributed by atoms with van der Waals surface area (Å²) in [6, 6.07) is 12.0. The van der Waals surface area contributed by atoms with Crippen molar-refractivity contribution in [3.8, 4) is 22.6 Å². The van der Waals surface area contributed by atoms with E-state index in [1.54, 1.807) is 63.4 Å². The summed E-state index contributed by atoms with van der Waals surface area (Å²) in [6.45, 7) is 3.62. The van der Waals surface area contributed by atoms with Gasteiger partial charge in [-0.2, -0.15) is 0 Å². The first-order valence-corrected chi connectivity index (χ1v) is 8.56. The highest BCUT2D eigenvalue weighted by Crippen LogP contribution is 2.25. The third-order valence-electron chi connectivity index (χ3n) is 4.08. The van der Waals surface area contributed by atoms with Crippen molar-refractivity contribution in [1.29, 1.82) is 0 Å². The van der Waals surface area contributed by atoms with E-state index in [4.69, 9.17) is 18.6 Å². The standard InChI is InChI=1S/C21H20O6/c1-4-25-21(23)13(2)27-16-9-10-17-19(11-16)26-12-18(20(17)22)14-5-7-15(24-3)8-6-14/h5-13H,4H2,1-3H3/t13-/m0/s1. The Morgan fingerprint density at radius 1 is 1.11 bits per heavy atom. The van der Waals surface area contributed by atoms with Crippen molar-refractivity contribution in [2.24, 2.45) is 0 Å². The summed E-state index contributed by atoms with van der Waals surface area (Å²) in [5.74, 6) is 0.679. The van der Waals surface area contributed by atoms with Gasteiger partial charge < -0.3 is 18.6 Å². The number of esters is 1. The van der Waals surface area contributed by atoms with Crippen LogP contribution in [0.4, 0.5) is 0 Å². The van der Waals surface area contributed by atoms with E-state index >= 15 is 0 Å². The van der Waals surface area contributed by atoms with Gasteiger partial charge in [0, 0.05) is 6.07 Å². The maximum Gasteiger partial charge on any atom is 0.347 e. The molecule has 0 radical (unpaired) electrons. The van der Waals surface area contributed by atoms with Crippen molar-refractivity contribution in [3.63, 3.8) is 0 Å². The Morgan fingerprint density at radius 3 is 2.48 bits per heavy atom. The van der Waals surface area contributed by atoms with Gasteiger partial charge in [0.15, 0.2) is 11.5 Å². The number of fused-ring (bicyclic) bond motifs is 1. The van der Waals surface area contributed by atoms with Gasteiger partial charge in [-0.25, -0.2) is 4.79 Å². The van der Waals surface area contributed by atoms with Gasteiger partial charge in [0.1, 0.15) is 23.3 Å². The lowest BCUT2D eigenvalue weighted by Gasteiger charge is -2.13. The number of benzene rings is 2. The zero-order valence-corrected chi connectivity index (χ0v) is 15.4. The van der Waals surface area contributed by atoms with Crippen molar-refractivity contribution >= 4 is 16.9 Å². The fraction of sp³-hybridized carbons (Fsp3) is 0.238. The van der Waals surface area contributed by atoms with Crippen molar-refractivity contribution < 1.29 is 23.4 Å². The van der Waals surface area contributed by atoms with Crippen molar-refractivity contribution in [1.82, 2.24) is 0 Å². The molecule has 6 heteroatoms. The maximum atomic E-state index is 12.8. The average molecular weight is 368 g/mol. The van der Waals surface area contributed by atoms with E-state index in [-0.39, 0.29) is 12.0 Å². The van der Waals surface area contributed by atoms with Crippen LogP contribution in [0.2, 0.25) is 0 Å². The minimum absolute atomic E-state index is 0.147. The molecule has 0 N–H and O–H groups in total. The average Bonchev–Trinajstić information content (AvgIpc) is 2.68. The second-order valence-electron chi connectivity index (χ2n) is 5.88. The molecule has 6 nitrogen and oxygen atoms in total. The molecule has 0 unspecified atom stereocenters. The zero-order valence-electron chi connectivity index (χ0n) is 15.4. The highest BCUT2D eigenvalue weighted by molar-refractivity contribution is 5.83. The van der Waals surface area contributed by atoms with E-state index in [0.29, 0.717) is 28.0 Å². The summed E-state index contributed by atoms with van der Waals surface area (Å²) in [6.07, 6.45) is 0.665. The first kappa shape index (κ1) is 18.5. The van der Waals surface area contributed by atoms with Gasteiger partial charge in [-0.05, 0) is 43.7 Å². The summed E-state index contributed by atoms with van der Waals surface area (Å²) < 4.78 is 21.3. The van der Waals surface area contributed by atoms with E-state index < -0.39 is 12.1 Å². The van der Waals surface area contributed by atoms with E-state index in [9.17, 15) is 9.59 Å². The number of ether oxygens (including phenoxy) is 3. The number of carbonyl (C=O) groups excluding carboxylic acids is 1. The smallest absolute Gasteiger partial charge is 0.347 e. The number of carbonyl (C=O) groups is 1. The number of rotatable bonds is 6. The second-order valence-corrected chi connectivity index (χ2v) is 5.88. The quantitative estimate of drug-likeness (QED) is 0.616. The third-order valence-corrected chi connectivity index (χ3v) is 4.08. The van der Waals surface area contributed by atoms with Crippen LogP contribution >= 0.6 is 0 Å². The van der Waals surface area contributed by atoms with Gasteiger partial charge in [0.05, 0.1) is 24.7 Å². The molecule has 0 saturated carbocycles. The van der Waals surface area contributed by atoms with Crippen molar-refractivity contribution in [2.75, 3.05) is 13.7 Å². The highest BCUT2D eigenvalue weighted by Gasteiger charge is 2.17. The van der Waals surface area contributed by atoms with Gasteiger partial charge in [-0.15, -0.1) is 0 Å². The fourth-order valence-electron chi connectivity index (χ4n) is 2.66. The topological polar surface area (TPSA) is 75.0 Å². The molecule has 0 aliphatic carbocycles. The number of hydrogen-bond acceptors (Lipinski definition) is 6. The minimum atomic E-state index is -0.757. The van der Waals surface area contributed by atoms with Gasteiger partial charge >= 0.3 is 5.97 Å². The summed E-state index contributed by atoms with van der Waals surface area (Å²) in [5.41, 5.74) is 1.43. The number of methoxy groups -OCH3 is 1. The molecule has 1 atom stereocenters. The molecule has 0 bridgehead atoms. The molecule has 0 amide bonds. The Kier molecular flexibility index (Phi) is 5.45. The Labute approximate surface area is 156 Å². The Balaban J connectivity index is 1.91. The molecule has 3 rings (SSSR count). The first-order valence-electron chi connectivity index (χ1n) is 8.56. The molecule has 0 saturated heterocycles. The molecular formula is C21H20O6. The Bertz CT molecular complexity index is 1000. The molecule has 1 heterocycles. The van der Waals surface area contributed by atoms with Crippen LogP contribution in [0.5, 0.6) is 11.5 Å². The minimum Gasteiger partial charge on any atom is -0.497 e. The predicted octanol–water partition coefficient (Wildman–Crippen LogP) is 3.80. The maximum absolute atomic E-state index is 12.8. The molecule has 3 aromatic rings. The molecule has 0 fully saturated rings. The SMILES string of the molecule is CCOC(=O)[C@H](C)Oc1ccc2c(=O)c(-c3ccc(OC)cc3)coc2c1. The van der Waals surface area contributed by atoms with E-state index in [1.807, 2.05) is 0 Å². The molecular weight excluding hydrogens is 348 g/mol. The Morgan fingerprint density at radius 2 is 1.81 bits per heavy atom. The van der Waals surface area contributed by atoms with Crippen LogP contribution in [0.15, 0.2) is 57.9 Å². The van der Waals surface area contributed by atoms with E-state index in [1.165, 1.54) is 6.26 Å². The first-order chi connectivity index (χ1) is 13.0. The summed E-state index contributed by atoms with van der Waals surface area (Å²) in [7, 11) is 1.59. The van der Waals surface area contributed by atoms with E-state index in [2.05, 4.69) is 0 Å². The molecule has 0 aliphatic rings. The van der Waals surface area contributed by atoms with Crippen LogP contribution in [0.1, 0.15) is 13.8 Å². The zero-order chi connectivity index (χ0) is 19.4. The summed E-state index contributed by atoms with van der Waals surface area (Å²) in [4.78, 5) is 24.5. The molecule has 1 aromatic heterocycles. The molecule has 2 aromatic carbocycles. The van der Waals surface area contributed by atoms with E-state index in [0.717, 1.165) is 5.56 Å². The van der Waals surface area contributed by atoms with Crippen LogP contribution in [0, 0.1) is 0 Å². The van der Waals surface area contributed by atoms with Gasteiger partial charge in [-0.1, -0.05) is 12.1 Å². The lowest BCUT2D eigenvalue weighted by atomic mass is 10.1. The molecule has 0 spiro atoms. The molecule has 140 valence electrons. The Hall–Kier alpha value is -3.28. The largest absolute Gasteiger partial charge is 0.497 e. The molecule has 27 heavy (non-hydrogen) atoms. The fourth-order valence-corrected chi connectivity index (χ4v) is 2.66. The van der Waals surface area contributed by atoms with Crippen LogP contribution in [-0.2, 0) is 9.53 Å². The van der Waals surface area contributed by atoms with Crippen molar-refractivity contribution in [2.45, 2.75) is 20.0 Å².